The molecule has 0 nitrogen and oxygen atoms in total. The molecule has 0 spiro atoms. The van der Waals surface area contributed by atoms with Gasteiger partial charge in [0.15, 0.2) is 7.28 Å². The molecule has 2 rings (SSSR count). The molecule has 0 aliphatic carbocycles. The topological polar surface area (TPSA) is 0 Å². The molecule has 27 heavy (non-hydrogen) atoms. The van der Waals surface area contributed by atoms with Crippen LogP contribution in [0.2, 0.25) is 0 Å². The van der Waals surface area contributed by atoms with E-state index in [1.165, 1.54) is 10.9 Å². The van der Waals surface area contributed by atoms with Crippen LogP contribution in [0.15, 0.2) is 48.5 Å². The SMILES string of the molecule is CC(C)P(c1ccccc1[B]c1ccccc1P(C(C)C)C(C)C)C(C)C. The van der Waals surface area contributed by atoms with E-state index >= 15 is 0 Å². The second kappa shape index (κ2) is 10.2. The van der Waals surface area contributed by atoms with Crippen molar-refractivity contribution in [2.75, 3.05) is 0 Å². The van der Waals surface area contributed by atoms with Crippen molar-refractivity contribution in [2.24, 2.45) is 0 Å². The van der Waals surface area contributed by atoms with Gasteiger partial charge in [-0.25, -0.2) is 0 Å². The molecule has 0 N–H and O–H groups in total. The van der Waals surface area contributed by atoms with Crippen molar-refractivity contribution < 1.29 is 0 Å². The number of hydrogen-bond donors (Lipinski definition) is 0. The normalized spacial score (nSPS) is 12.2. The summed E-state index contributed by atoms with van der Waals surface area (Å²) in [6.07, 6.45) is 0. The summed E-state index contributed by atoms with van der Waals surface area (Å²) >= 11 is 0. The van der Waals surface area contributed by atoms with Crippen molar-refractivity contribution in [3.8, 4) is 0 Å². The van der Waals surface area contributed by atoms with Crippen molar-refractivity contribution in [1.29, 1.82) is 0 Å². The zero-order valence-electron chi connectivity index (χ0n) is 18.4. The molecule has 0 heterocycles. The molecule has 2 aromatic carbocycles. The number of rotatable bonds is 8. The van der Waals surface area contributed by atoms with E-state index in [-0.39, 0.29) is 15.8 Å². The number of benzene rings is 2. The second-order valence-electron chi connectivity index (χ2n) is 8.45. The minimum atomic E-state index is -0.167. The molecule has 0 aliphatic rings. The molecular weight excluding hydrogens is 361 g/mol. The summed E-state index contributed by atoms with van der Waals surface area (Å²) in [7, 11) is 2.13. The first-order chi connectivity index (χ1) is 12.7. The van der Waals surface area contributed by atoms with E-state index in [4.69, 9.17) is 0 Å². The van der Waals surface area contributed by atoms with Crippen LogP contribution in [0.3, 0.4) is 0 Å². The van der Waals surface area contributed by atoms with Crippen LogP contribution in [0.1, 0.15) is 55.4 Å². The molecule has 145 valence electrons. The summed E-state index contributed by atoms with van der Waals surface area (Å²) in [5, 5.41) is 3.12. The fourth-order valence-electron chi connectivity index (χ4n) is 4.16. The van der Waals surface area contributed by atoms with Crippen LogP contribution in [0, 0.1) is 0 Å². The molecule has 0 atom stereocenters. The van der Waals surface area contributed by atoms with Gasteiger partial charge in [-0.3, -0.25) is 0 Å². The summed E-state index contributed by atoms with van der Waals surface area (Å²) in [6, 6.07) is 18.2. The van der Waals surface area contributed by atoms with Crippen molar-refractivity contribution in [3.05, 3.63) is 48.5 Å². The van der Waals surface area contributed by atoms with Gasteiger partial charge in [0.1, 0.15) is 0 Å². The lowest BCUT2D eigenvalue weighted by atomic mass is 9.64. The van der Waals surface area contributed by atoms with E-state index in [0.717, 1.165) is 0 Å². The third kappa shape index (κ3) is 5.68. The molecular formula is C24H36BP2. The Morgan fingerprint density at radius 3 is 1.11 bits per heavy atom. The summed E-state index contributed by atoms with van der Waals surface area (Å²) < 4.78 is 0. The molecule has 0 amide bonds. The van der Waals surface area contributed by atoms with E-state index in [2.05, 4.69) is 111 Å². The first kappa shape index (κ1) is 22.7. The lowest BCUT2D eigenvalue weighted by Crippen LogP contribution is -2.44. The van der Waals surface area contributed by atoms with Crippen LogP contribution in [-0.4, -0.2) is 29.9 Å². The molecule has 0 aromatic heterocycles. The highest BCUT2D eigenvalue weighted by molar-refractivity contribution is 7.68. The fraction of sp³-hybridized carbons (Fsp3) is 0.500. The largest absolute Gasteiger partial charge is 0.193 e. The molecule has 0 saturated carbocycles. The fourth-order valence-corrected chi connectivity index (χ4v) is 10.2. The Hall–Kier alpha value is -0.635. The predicted octanol–water partition coefficient (Wildman–Crippen LogP) is 5.19. The van der Waals surface area contributed by atoms with Gasteiger partial charge in [-0.1, -0.05) is 131 Å². The van der Waals surface area contributed by atoms with Gasteiger partial charge in [0, 0.05) is 0 Å². The van der Waals surface area contributed by atoms with Crippen LogP contribution in [0.5, 0.6) is 0 Å². The lowest BCUT2D eigenvalue weighted by Gasteiger charge is -2.30. The van der Waals surface area contributed by atoms with E-state index in [0.29, 0.717) is 22.6 Å². The van der Waals surface area contributed by atoms with Crippen LogP contribution in [0.4, 0.5) is 0 Å². The Labute approximate surface area is 171 Å². The lowest BCUT2D eigenvalue weighted by molar-refractivity contribution is 1.02. The highest BCUT2D eigenvalue weighted by Gasteiger charge is 2.24. The standard InChI is InChI=1S/C24H36BP2/c1-17(2)26(18(3)4)23-15-11-9-13-21(23)25-22-14-10-12-16-24(22)27(19(5)6)20(7)8/h9-20H,1-8H3. The maximum Gasteiger partial charge on any atom is 0.193 e. The Kier molecular flexibility index (Phi) is 8.58. The summed E-state index contributed by atoms with van der Waals surface area (Å²) in [6.45, 7) is 19.1. The van der Waals surface area contributed by atoms with E-state index in [1.807, 2.05) is 0 Å². The highest BCUT2D eigenvalue weighted by atomic mass is 31.1. The first-order valence-electron chi connectivity index (χ1n) is 10.3. The van der Waals surface area contributed by atoms with Crippen molar-refractivity contribution in [3.63, 3.8) is 0 Å². The van der Waals surface area contributed by atoms with Gasteiger partial charge < -0.3 is 0 Å². The smallest absolute Gasteiger partial charge is 0.0739 e. The molecule has 1 radical (unpaired) electrons. The zero-order valence-corrected chi connectivity index (χ0v) is 20.2. The Balaban J connectivity index is 2.48. The van der Waals surface area contributed by atoms with Crippen LogP contribution < -0.4 is 21.5 Å². The monoisotopic (exact) mass is 397 g/mol. The first-order valence-corrected chi connectivity index (χ1v) is 13.3. The van der Waals surface area contributed by atoms with Crippen molar-refractivity contribution in [1.82, 2.24) is 0 Å². The Bertz CT molecular complexity index is 644. The molecule has 0 aliphatic heterocycles. The van der Waals surface area contributed by atoms with Gasteiger partial charge in [-0.2, -0.15) is 0 Å². The highest BCUT2D eigenvalue weighted by Crippen LogP contribution is 2.45. The van der Waals surface area contributed by atoms with Crippen molar-refractivity contribution in [2.45, 2.75) is 78.0 Å². The van der Waals surface area contributed by atoms with Gasteiger partial charge in [-0.05, 0) is 33.2 Å². The van der Waals surface area contributed by atoms with Gasteiger partial charge >= 0.3 is 0 Å². The van der Waals surface area contributed by atoms with Gasteiger partial charge in [0.2, 0.25) is 0 Å². The average molecular weight is 397 g/mol. The van der Waals surface area contributed by atoms with Gasteiger partial charge in [-0.15, -0.1) is 0 Å². The van der Waals surface area contributed by atoms with E-state index < -0.39 is 0 Å². The quantitative estimate of drug-likeness (QED) is 0.425. The Morgan fingerprint density at radius 2 is 0.815 bits per heavy atom. The zero-order chi connectivity index (χ0) is 20.1. The minimum absolute atomic E-state index is 0.167. The molecule has 0 fully saturated rings. The van der Waals surface area contributed by atoms with Gasteiger partial charge in [0.05, 0.1) is 0 Å². The minimum Gasteiger partial charge on any atom is -0.0739 e. The molecule has 0 saturated heterocycles. The number of hydrogen-bond acceptors (Lipinski definition) is 0. The molecule has 3 heteroatoms. The maximum absolute atomic E-state index is 2.46. The van der Waals surface area contributed by atoms with Gasteiger partial charge in [0.25, 0.3) is 0 Å². The summed E-state index contributed by atoms with van der Waals surface area (Å²) in [5.41, 5.74) is 5.64. The average Bonchev–Trinajstić information content (AvgIpc) is 2.57. The Morgan fingerprint density at radius 1 is 0.519 bits per heavy atom. The van der Waals surface area contributed by atoms with Crippen molar-refractivity contribution >= 4 is 44.7 Å². The third-order valence-corrected chi connectivity index (χ3v) is 11.3. The second-order valence-corrected chi connectivity index (χ2v) is 15.2. The van der Waals surface area contributed by atoms with Crippen LogP contribution in [0.25, 0.3) is 0 Å². The maximum atomic E-state index is 2.46. The summed E-state index contributed by atoms with van der Waals surface area (Å²) in [5.74, 6) is 0. The summed E-state index contributed by atoms with van der Waals surface area (Å²) in [4.78, 5) is 0. The molecule has 2 aromatic rings. The van der Waals surface area contributed by atoms with E-state index in [9.17, 15) is 0 Å². The third-order valence-electron chi connectivity index (χ3n) is 4.97. The van der Waals surface area contributed by atoms with Crippen LogP contribution >= 0.6 is 15.8 Å². The predicted molar refractivity (Wildman–Crippen MR) is 132 cm³/mol. The van der Waals surface area contributed by atoms with E-state index in [1.54, 1.807) is 10.6 Å². The van der Waals surface area contributed by atoms with Crippen LogP contribution in [-0.2, 0) is 0 Å². The molecule has 0 unspecified atom stereocenters. The molecule has 0 bridgehead atoms.